The molecule has 2 aromatic carbocycles. The van der Waals surface area contributed by atoms with Crippen LogP contribution in [0.1, 0.15) is 89.2 Å². The second kappa shape index (κ2) is 11.2. The summed E-state index contributed by atoms with van der Waals surface area (Å²) in [6.07, 6.45) is 9.10. The summed E-state index contributed by atoms with van der Waals surface area (Å²) in [5, 5.41) is 16.2. The molecule has 0 bridgehead atoms. The van der Waals surface area contributed by atoms with E-state index in [-0.39, 0.29) is 11.7 Å². The van der Waals surface area contributed by atoms with Gasteiger partial charge in [0.2, 0.25) is 0 Å². The molecule has 6 heteroatoms. The fourth-order valence-corrected chi connectivity index (χ4v) is 7.20. The third-order valence-corrected chi connectivity index (χ3v) is 9.35. The third-order valence-electron chi connectivity index (χ3n) is 9.35. The van der Waals surface area contributed by atoms with Crippen molar-refractivity contribution < 1.29 is 4.74 Å². The van der Waals surface area contributed by atoms with Crippen LogP contribution in [0.15, 0.2) is 48.7 Å². The highest BCUT2D eigenvalue weighted by molar-refractivity contribution is 6.06. The number of rotatable bonds is 7. The van der Waals surface area contributed by atoms with Crippen LogP contribution in [0.3, 0.4) is 0 Å². The van der Waals surface area contributed by atoms with Crippen molar-refractivity contribution in [1.29, 1.82) is 5.41 Å². The van der Waals surface area contributed by atoms with Crippen molar-refractivity contribution in [3.8, 4) is 22.5 Å². The topological polar surface area (TPSA) is 75.0 Å². The summed E-state index contributed by atoms with van der Waals surface area (Å²) in [5.74, 6) is 0. The van der Waals surface area contributed by atoms with Gasteiger partial charge in [0.25, 0.3) is 0 Å². The Morgan fingerprint density at radius 1 is 1.14 bits per heavy atom. The van der Waals surface area contributed by atoms with Crippen molar-refractivity contribution >= 4 is 34.1 Å². The molecular formula is C38H47N5O. The molecule has 0 saturated carbocycles. The predicted octanol–water partition coefficient (Wildman–Crippen LogP) is 9.61. The number of hydrogen-bond donors (Lipinski definition) is 3. The zero-order valence-corrected chi connectivity index (χ0v) is 27.6. The number of pyridine rings is 1. The fourth-order valence-electron chi connectivity index (χ4n) is 7.20. The average Bonchev–Trinajstić information content (AvgIpc) is 3.38. The van der Waals surface area contributed by atoms with E-state index in [1.807, 2.05) is 25.4 Å². The van der Waals surface area contributed by atoms with E-state index < -0.39 is 0 Å². The van der Waals surface area contributed by atoms with Crippen molar-refractivity contribution in [1.82, 2.24) is 9.55 Å². The molecule has 0 fully saturated rings. The van der Waals surface area contributed by atoms with Gasteiger partial charge in [-0.05, 0) is 112 Å². The van der Waals surface area contributed by atoms with Crippen LogP contribution < -0.4 is 10.6 Å². The van der Waals surface area contributed by atoms with Gasteiger partial charge in [-0.2, -0.15) is 0 Å². The van der Waals surface area contributed by atoms with E-state index >= 15 is 0 Å². The minimum Gasteiger partial charge on any atom is -0.388 e. The molecule has 6 nitrogen and oxygen atoms in total. The summed E-state index contributed by atoms with van der Waals surface area (Å²) in [4.78, 5) is 4.75. The van der Waals surface area contributed by atoms with E-state index in [1.165, 1.54) is 57.2 Å². The lowest BCUT2D eigenvalue weighted by molar-refractivity contribution is -0.0532. The summed E-state index contributed by atoms with van der Waals surface area (Å²) in [6.45, 7) is 17.5. The Hall–Kier alpha value is -3.90. The van der Waals surface area contributed by atoms with Crippen LogP contribution in [0.4, 0.5) is 11.4 Å². The largest absolute Gasteiger partial charge is 0.388 e. The van der Waals surface area contributed by atoms with Gasteiger partial charge in [-0.1, -0.05) is 26.0 Å². The van der Waals surface area contributed by atoms with E-state index in [1.54, 1.807) is 0 Å². The maximum absolute atomic E-state index is 7.90. The van der Waals surface area contributed by atoms with Gasteiger partial charge >= 0.3 is 0 Å². The monoisotopic (exact) mass is 589 g/mol. The highest BCUT2D eigenvalue weighted by Gasteiger charge is 2.32. The van der Waals surface area contributed by atoms with E-state index in [4.69, 9.17) is 15.1 Å². The van der Waals surface area contributed by atoms with Gasteiger partial charge in [-0.3, -0.25) is 4.98 Å². The maximum Gasteiger partial charge on any atom is 0.0813 e. The maximum atomic E-state index is 7.90. The van der Waals surface area contributed by atoms with Gasteiger partial charge in [0.1, 0.15) is 0 Å². The summed E-state index contributed by atoms with van der Waals surface area (Å²) < 4.78 is 9.18. The molecule has 0 saturated heterocycles. The third kappa shape index (κ3) is 5.45. The summed E-state index contributed by atoms with van der Waals surface area (Å²) in [5.41, 5.74) is 14.1. The summed E-state index contributed by atoms with van der Waals surface area (Å²) in [6, 6.07) is 12.9. The van der Waals surface area contributed by atoms with Gasteiger partial charge in [0.15, 0.2) is 0 Å². The minimum atomic E-state index is -0.251. The molecule has 230 valence electrons. The van der Waals surface area contributed by atoms with Crippen LogP contribution in [-0.4, -0.2) is 35.0 Å². The quantitative estimate of drug-likeness (QED) is 0.188. The molecule has 6 rings (SSSR count). The summed E-state index contributed by atoms with van der Waals surface area (Å²) >= 11 is 0. The van der Waals surface area contributed by atoms with E-state index in [0.29, 0.717) is 5.41 Å². The van der Waals surface area contributed by atoms with Crippen molar-refractivity contribution in [2.45, 2.75) is 86.0 Å². The number of anilines is 2. The molecule has 2 aliphatic rings. The molecule has 0 radical (unpaired) electrons. The zero-order valence-electron chi connectivity index (χ0n) is 27.6. The van der Waals surface area contributed by atoms with E-state index in [0.717, 1.165) is 54.0 Å². The molecule has 0 amide bonds. The Balaban J connectivity index is 1.58. The highest BCUT2D eigenvalue weighted by atomic mass is 16.5. The summed E-state index contributed by atoms with van der Waals surface area (Å²) in [7, 11) is 1.88. The van der Waals surface area contributed by atoms with Gasteiger partial charge in [-0.15, -0.1) is 0 Å². The van der Waals surface area contributed by atoms with Gasteiger partial charge < -0.3 is 25.3 Å². The molecule has 1 unspecified atom stereocenters. The highest BCUT2D eigenvalue weighted by Crippen LogP contribution is 2.49. The lowest BCUT2D eigenvalue weighted by atomic mass is 9.75. The van der Waals surface area contributed by atoms with Crippen LogP contribution in [0, 0.1) is 17.7 Å². The van der Waals surface area contributed by atoms with Crippen molar-refractivity contribution in [2.24, 2.45) is 5.41 Å². The first kappa shape index (κ1) is 30.1. The molecule has 1 aliphatic carbocycles. The van der Waals surface area contributed by atoms with Crippen molar-refractivity contribution in [2.75, 3.05) is 24.2 Å². The predicted molar refractivity (Wildman–Crippen MR) is 186 cm³/mol. The Kier molecular flexibility index (Phi) is 7.69. The Morgan fingerprint density at radius 2 is 1.93 bits per heavy atom. The molecule has 1 atom stereocenters. The molecular weight excluding hydrogens is 542 g/mol. The lowest BCUT2D eigenvalue weighted by Crippen LogP contribution is -2.24. The molecule has 1 aliphatic heterocycles. The fraction of sp³-hybridized carbons (Fsp3) is 0.421. The number of ether oxygens (including phenoxy) is 1. The normalized spacial score (nSPS) is 16.8. The molecule has 44 heavy (non-hydrogen) atoms. The first-order valence-electron chi connectivity index (χ1n) is 16.0. The van der Waals surface area contributed by atoms with Crippen molar-refractivity contribution in [3.05, 3.63) is 70.9 Å². The Morgan fingerprint density at radius 3 is 2.61 bits per heavy atom. The standard InChI is InChI=1S/C38H47N5O/c1-23-33(24(2)44-37(3,4)5)34(25-11-14-38(6,7)15-12-25)29-21-32(43-18-17-42-35(23)36(29)43)27-13-16-41-31(20-27)26-9-10-30(40-8)28(19-26)22-39/h9-11,13,16,19-22,24,39-40,42H,12,14-15,17-18H2,1-8H3. The van der Waals surface area contributed by atoms with Crippen molar-refractivity contribution in [3.63, 3.8) is 0 Å². The lowest BCUT2D eigenvalue weighted by Gasteiger charge is -2.34. The number of hydrogen-bond acceptors (Lipinski definition) is 5. The smallest absolute Gasteiger partial charge is 0.0813 e. The van der Waals surface area contributed by atoms with Gasteiger partial charge in [0, 0.05) is 66.0 Å². The van der Waals surface area contributed by atoms with Crippen LogP contribution in [0.5, 0.6) is 0 Å². The second-order valence-electron chi connectivity index (χ2n) is 14.3. The number of aromatic nitrogens is 2. The van der Waals surface area contributed by atoms with Gasteiger partial charge in [0.05, 0.1) is 28.6 Å². The Labute approximate surface area is 262 Å². The van der Waals surface area contributed by atoms with E-state index in [2.05, 4.69) is 94.0 Å². The van der Waals surface area contributed by atoms with E-state index in [9.17, 15) is 0 Å². The average molecular weight is 590 g/mol. The van der Waals surface area contributed by atoms with Crippen LogP contribution in [0.2, 0.25) is 0 Å². The SMILES string of the molecule is CNc1ccc(-c2cc(-c3cc4c(C5=CCC(C)(C)CC5)c(C(C)OC(C)(C)C)c(C)c5c4n3CCN5)ccn2)cc1C=N. The van der Waals surface area contributed by atoms with Crippen LogP contribution >= 0.6 is 0 Å². The van der Waals surface area contributed by atoms with Crippen LogP contribution in [0.25, 0.3) is 39.0 Å². The molecule has 3 N–H and O–H groups in total. The minimum absolute atomic E-state index is 0.0480. The van der Waals surface area contributed by atoms with Crippen LogP contribution in [-0.2, 0) is 11.3 Å². The second-order valence-corrected chi connectivity index (χ2v) is 14.3. The number of nitrogens with one attached hydrogen (secondary N) is 3. The first-order chi connectivity index (χ1) is 20.9. The Bertz CT molecular complexity index is 1790. The number of nitrogens with zero attached hydrogens (tertiary/aromatic N) is 2. The molecule has 3 heterocycles. The molecule has 2 aromatic heterocycles. The number of allylic oxidation sites excluding steroid dienone is 2. The first-order valence-corrected chi connectivity index (χ1v) is 16.0. The molecule has 0 spiro atoms. The molecule has 4 aromatic rings. The zero-order chi connectivity index (χ0) is 31.4. The van der Waals surface area contributed by atoms with Gasteiger partial charge in [-0.25, -0.2) is 0 Å². The number of benzene rings is 2.